The summed E-state index contributed by atoms with van der Waals surface area (Å²) in [6, 6.07) is 0. The summed E-state index contributed by atoms with van der Waals surface area (Å²) in [5.41, 5.74) is 0. The molecule has 5 nitrogen and oxygen atoms in total. The molecule has 0 aliphatic heterocycles. The molecule has 0 aromatic rings. The Morgan fingerprint density at radius 3 is 2.29 bits per heavy atom. The van der Waals surface area contributed by atoms with E-state index in [1.165, 1.54) is 0 Å². The molecule has 0 aliphatic rings. The fourth-order valence-corrected chi connectivity index (χ4v) is 1.87. The minimum absolute atomic E-state index is 0.323. The van der Waals surface area contributed by atoms with Gasteiger partial charge in [-0.15, -0.1) is 0 Å². The third kappa shape index (κ3) is 8.43. The lowest BCUT2D eigenvalue weighted by molar-refractivity contribution is 0.544. The molecule has 0 heterocycles. The molecule has 0 radical (unpaired) electrons. The van der Waals surface area contributed by atoms with Gasteiger partial charge >= 0.3 is 0 Å². The number of rotatable bonds is 8. The third-order valence-corrected chi connectivity index (χ3v) is 2.71. The molecule has 14 heavy (non-hydrogen) atoms. The smallest absolute Gasteiger partial charge is 0.276 e. The van der Waals surface area contributed by atoms with Crippen molar-refractivity contribution in [2.24, 2.45) is 5.92 Å². The maximum Gasteiger partial charge on any atom is 0.276 e. The van der Waals surface area contributed by atoms with Crippen molar-refractivity contribution in [2.75, 3.05) is 26.7 Å². The highest BCUT2D eigenvalue weighted by Crippen LogP contribution is 1.89. The first-order valence-corrected chi connectivity index (χ1v) is 6.35. The van der Waals surface area contributed by atoms with Crippen molar-refractivity contribution in [3.05, 3.63) is 0 Å². The third-order valence-electron chi connectivity index (χ3n) is 1.58. The van der Waals surface area contributed by atoms with Crippen LogP contribution in [0.4, 0.5) is 0 Å². The molecule has 0 aromatic carbocycles. The van der Waals surface area contributed by atoms with Gasteiger partial charge in [0.1, 0.15) is 0 Å². The van der Waals surface area contributed by atoms with Crippen LogP contribution in [0.15, 0.2) is 0 Å². The number of hydrogen-bond donors (Lipinski definition) is 3. The lowest BCUT2D eigenvalue weighted by atomic mass is 10.2. The lowest BCUT2D eigenvalue weighted by Gasteiger charge is -2.09. The zero-order chi connectivity index (χ0) is 11.0. The van der Waals surface area contributed by atoms with Crippen LogP contribution in [0, 0.1) is 5.92 Å². The van der Waals surface area contributed by atoms with E-state index in [1.807, 2.05) is 20.9 Å². The zero-order valence-electron chi connectivity index (χ0n) is 9.13. The van der Waals surface area contributed by atoms with Gasteiger partial charge in [-0.3, -0.25) is 0 Å². The van der Waals surface area contributed by atoms with Crippen molar-refractivity contribution >= 4 is 10.2 Å². The van der Waals surface area contributed by atoms with Gasteiger partial charge in [-0.05, 0) is 25.9 Å². The quantitative estimate of drug-likeness (QED) is 0.494. The molecule has 3 N–H and O–H groups in total. The Bertz CT molecular complexity index is 227. The van der Waals surface area contributed by atoms with Gasteiger partial charge in [-0.1, -0.05) is 13.8 Å². The monoisotopic (exact) mass is 223 g/mol. The van der Waals surface area contributed by atoms with Crippen LogP contribution in [-0.2, 0) is 10.2 Å². The Morgan fingerprint density at radius 1 is 1.14 bits per heavy atom. The molecule has 0 saturated heterocycles. The SMILES string of the molecule is CNCCCNS(=O)(=O)NCC(C)C. The summed E-state index contributed by atoms with van der Waals surface area (Å²) in [5.74, 6) is 0.323. The first-order valence-electron chi connectivity index (χ1n) is 4.87. The molecule has 0 aromatic heterocycles. The molecule has 0 saturated carbocycles. The summed E-state index contributed by atoms with van der Waals surface area (Å²) in [4.78, 5) is 0. The predicted molar refractivity (Wildman–Crippen MR) is 58.3 cm³/mol. The molecule has 0 unspecified atom stereocenters. The summed E-state index contributed by atoms with van der Waals surface area (Å²) in [5, 5.41) is 2.95. The van der Waals surface area contributed by atoms with E-state index in [0.717, 1.165) is 13.0 Å². The Balaban J connectivity index is 3.62. The van der Waals surface area contributed by atoms with Crippen molar-refractivity contribution in [2.45, 2.75) is 20.3 Å². The minimum Gasteiger partial charge on any atom is -0.320 e. The standard InChI is InChI=1S/C8H21N3O2S/c1-8(2)7-11-14(12,13)10-6-4-5-9-3/h8-11H,4-7H2,1-3H3. The van der Waals surface area contributed by atoms with Crippen molar-refractivity contribution < 1.29 is 8.42 Å². The molecule has 0 bridgehead atoms. The molecule has 0 rings (SSSR count). The van der Waals surface area contributed by atoms with Gasteiger partial charge in [0.05, 0.1) is 0 Å². The normalized spacial score (nSPS) is 12.3. The summed E-state index contributed by atoms with van der Waals surface area (Å²) >= 11 is 0. The van der Waals surface area contributed by atoms with Crippen LogP contribution in [0.1, 0.15) is 20.3 Å². The van der Waals surface area contributed by atoms with Crippen molar-refractivity contribution in [1.82, 2.24) is 14.8 Å². The van der Waals surface area contributed by atoms with Crippen LogP contribution in [0.5, 0.6) is 0 Å². The van der Waals surface area contributed by atoms with Gasteiger partial charge in [-0.25, -0.2) is 9.44 Å². The van der Waals surface area contributed by atoms with Gasteiger partial charge in [0, 0.05) is 13.1 Å². The van der Waals surface area contributed by atoms with E-state index >= 15 is 0 Å². The second kappa shape index (κ2) is 7.17. The first kappa shape index (κ1) is 13.8. The largest absolute Gasteiger partial charge is 0.320 e. The van der Waals surface area contributed by atoms with Crippen molar-refractivity contribution in [3.8, 4) is 0 Å². The van der Waals surface area contributed by atoms with E-state index in [4.69, 9.17) is 0 Å². The highest BCUT2D eigenvalue weighted by molar-refractivity contribution is 7.87. The predicted octanol–water partition coefficient (Wildman–Crippen LogP) is -0.324. The van der Waals surface area contributed by atoms with E-state index in [-0.39, 0.29) is 0 Å². The summed E-state index contributed by atoms with van der Waals surface area (Å²) in [6.45, 7) is 5.68. The minimum atomic E-state index is -3.28. The number of hydrogen-bond acceptors (Lipinski definition) is 3. The molecule has 0 aliphatic carbocycles. The molecular formula is C8H21N3O2S. The fourth-order valence-electron chi connectivity index (χ4n) is 0.799. The average molecular weight is 223 g/mol. The highest BCUT2D eigenvalue weighted by Gasteiger charge is 2.07. The van der Waals surface area contributed by atoms with Gasteiger partial charge in [0.25, 0.3) is 10.2 Å². The van der Waals surface area contributed by atoms with Crippen LogP contribution in [-0.4, -0.2) is 35.1 Å². The Labute approximate surface area is 86.8 Å². The molecule has 0 spiro atoms. The Hall–Kier alpha value is -0.170. The number of nitrogens with one attached hydrogen (secondary N) is 3. The van der Waals surface area contributed by atoms with Crippen LogP contribution < -0.4 is 14.8 Å². The molecule has 0 fully saturated rings. The average Bonchev–Trinajstić information content (AvgIpc) is 2.10. The fraction of sp³-hybridized carbons (Fsp3) is 1.00. The van der Waals surface area contributed by atoms with E-state index in [0.29, 0.717) is 19.0 Å². The molecule has 0 amide bonds. The lowest BCUT2D eigenvalue weighted by Crippen LogP contribution is -2.39. The van der Waals surface area contributed by atoms with Crippen LogP contribution >= 0.6 is 0 Å². The van der Waals surface area contributed by atoms with E-state index in [2.05, 4.69) is 14.8 Å². The second-order valence-electron chi connectivity index (χ2n) is 3.60. The maximum absolute atomic E-state index is 11.3. The van der Waals surface area contributed by atoms with Gasteiger partial charge in [0.15, 0.2) is 0 Å². The van der Waals surface area contributed by atoms with Gasteiger partial charge < -0.3 is 5.32 Å². The molecule has 86 valence electrons. The summed E-state index contributed by atoms with van der Waals surface area (Å²) < 4.78 is 27.5. The molecule has 0 atom stereocenters. The van der Waals surface area contributed by atoms with E-state index < -0.39 is 10.2 Å². The highest BCUT2D eigenvalue weighted by atomic mass is 32.2. The van der Waals surface area contributed by atoms with E-state index in [9.17, 15) is 8.42 Å². The second-order valence-corrected chi connectivity index (χ2v) is 5.18. The topological polar surface area (TPSA) is 70.2 Å². The van der Waals surface area contributed by atoms with Crippen molar-refractivity contribution in [3.63, 3.8) is 0 Å². The van der Waals surface area contributed by atoms with Crippen LogP contribution in [0.2, 0.25) is 0 Å². The van der Waals surface area contributed by atoms with Crippen LogP contribution in [0.3, 0.4) is 0 Å². The maximum atomic E-state index is 11.3. The zero-order valence-corrected chi connectivity index (χ0v) is 9.95. The van der Waals surface area contributed by atoms with Gasteiger partial charge in [-0.2, -0.15) is 8.42 Å². The summed E-state index contributed by atoms with van der Waals surface area (Å²) in [6.07, 6.45) is 0.791. The molecule has 6 heteroatoms. The van der Waals surface area contributed by atoms with Gasteiger partial charge in [0.2, 0.25) is 0 Å². The first-order chi connectivity index (χ1) is 6.48. The Morgan fingerprint density at radius 2 is 1.79 bits per heavy atom. The Kier molecular flexibility index (Phi) is 7.08. The summed E-state index contributed by atoms with van der Waals surface area (Å²) in [7, 11) is -1.45. The van der Waals surface area contributed by atoms with Crippen molar-refractivity contribution in [1.29, 1.82) is 0 Å². The van der Waals surface area contributed by atoms with Crippen LogP contribution in [0.25, 0.3) is 0 Å². The molecular weight excluding hydrogens is 202 g/mol. The van der Waals surface area contributed by atoms with E-state index in [1.54, 1.807) is 0 Å².